The van der Waals surface area contributed by atoms with E-state index in [1.807, 2.05) is 13.0 Å². The first kappa shape index (κ1) is 21.0. The molecule has 158 valence electrons. The molecule has 0 unspecified atom stereocenters. The van der Waals surface area contributed by atoms with E-state index in [1.165, 1.54) is 21.9 Å². The third-order valence-electron chi connectivity index (χ3n) is 6.86. The van der Waals surface area contributed by atoms with Gasteiger partial charge >= 0.3 is 0 Å². The molecule has 31 heavy (non-hydrogen) atoms. The summed E-state index contributed by atoms with van der Waals surface area (Å²) in [6, 6.07) is 17.3. The van der Waals surface area contributed by atoms with Gasteiger partial charge in [-0.05, 0) is 67.0 Å². The van der Waals surface area contributed by atoms with Crippen LogP contribution in [0.4, 0.5) is 0 Å². The van der Waals surface area contributed by atoms with Gasteiger partial charge in [0.1, 0.15) is 0 Å². The van der Waals surface area contributed by atoms with E-state index in [9.17, 15) is 0 Å². The highest BCUT2D eigenvalue weighted by Crippen LogP contribution is 2.42. The molecule has 4 rings (SSSR count). The zero-order valence-corrected chi connectivity index (χ0v) is 19.2. The number of fused-ring (bicyclic) bond motifs is 3. The van der Waals surface area contributed by atoms with Crippen molar-refractivity contribution < 1.29 is 0 Å². The average molecular weight is 410 g/mol. The van der Waals surface area contributed by atoms with Gasteiger partial charge in [0.15, 0.2) is 0 Å². The summed E-state index contributed by atoms with van der Waals surface area (Å²) in [5, 5.41) is 3.51. The maximum atomic E-state index is 5.80. The monoisotopic (exact) mass is 409 g/mol. The number of aromatic nitrogens is 2. The lowest BCUT2D eigenvalue weighted by Gasteiger charge is -2.29. The van der Waals surface area contributed by atoms with E-state index in [-0.39, 0.29) is 5.41 Å². The molecule has 2 N–H and O–H groups in total. The first-order valence-corrected chi connectivity index (χ1v) is 11.1. The molecule has 0 aliphatic heterocycles. The summed E-state index contributed by atoms with van der Waals surface area (Å²) in [5.41, 5.74) is 13.5. The van der Waals surface area contributed by atoms with Crippen molar-refractivity contribution in [3.05, 3.63) is 77.4 Å². The fourth-order valence-electron chi connectivity index (χ4n) is 4.62. The molecule has 2 aromatic heterocycles. The maximum Gasteiger partial charge on any atom is 0.0759 e. The van der Waals surface area contributed by atoms with Crippen molar-refractivity contribution in [2.24, 2.45) is 5.73 Å². The molecule has 0 fully saturated rings. The summed E-state index contributed by atoms with van der Waals surface area (Å²) >= 11 is 0. The van der Waals surface area contributed by atoms with Gasteiger partial charge < -0.3 is 5.73 Å². The Morgan fingerprint density at radius 2 is 1.55 bits per heavy atom. The van der Waals surface area contributed by atoms with Gasteiger partial charge in [0.05, 0.1) is 11.2 Å². The molecule has 0 bridgehead atoms. The SMILES string of the molecule is CCC(C)(CC)c1ccc(-c2ccc(C)nc2C)c2c1nc(/C=C\N)c1ccccc12. The molecule has 3 heteroatoms. The van der Waals surface area contributed by atoms with E-state index in [1.54, 1.807) is 6.20 Å². The van der Waals surface area contributed by atoms with Crippen LogP contribution in [0.3, 0.4) is 0 Å². The number of pyridine rings is 2. The highest BCUT2D eigenvalue weighted by molar-refractivity contribution is 6.15. The molecular formula is C28H31N3. The summed E-state index contributed by atoms with van der Waals surface area (Å²) in [4.78, 5) is 9.94. The molecule has 0 saturated heterocycles. The van der Waals surface area contributed by atoms with E-state index in [0.717, 1.165) is 46.4 Å². The van der Waals surface area contributed by atoms with Gasteiger partial charge in [-0.1, -0.05) is 63.2 Å². The fraction of sp³-hybridized carbons (Fsp3) is 0.286. The molecule has 0 radical (unpaired) electrons. The number of aryl methyl sites for hydroxylation is 2. The number of hydrogen-bond donors (Lipinski definition) is 1. The minimum absolute atomic E-state index is 0.0521. The van der Waals surface area contributed by atoms with Crippen molar-refractivity contribution in [1.82, 2.24) is 9.97 Å². The Balaban J connectivity index is 2.23. The van der Waals surface area contributed by atoms with Crippen LogP contribution in [0.5, 0.6) is 0 Å². The molecule has 0 saturated carbocycles. The topological polar surface area (TPSA) is 51.8 Å². The van der Waals surface area contributed by atoms with Gasteiger partial charge in [-0.15, -0.1) is 0 Å². The minimum Gasteiger partial charge on any atom is -0.405 e. The molecule has 0 atom stereocenters. The summed E-state index contributed by atoms with van der Waals surface area (Å²) in [6.07, 6.45) is 5.60. The number of rotatable bonds is 5. The van der Waals surface area contributed by atoms with Crippen LogP contribution in [0, 0.1) is 13.8 Å². The largest absolute Gasteiger partial charge is 0.405 e. The molecule has 3 nitrogen and oxygen atoms in total. The Morgan fingerprint density at radius 3 is 2.19 bits per heavy atom. The van der Waals surface area contributed by atoms with Crippen molar-refractivity contribution in [1.29, 1.82) is 0 Å². The summed E-state index contributed by atoms with van der Waals surface area (Å²) < 4.78 is 0. The quantitative estimate of drug-likeness (QED) is 0.358. The van der Waals surface area contributed by atoms with Crippen LogP contribution in [0.15, 0.2) is 54.7 Å². The average Bonchev–Trinajstić information content (AvgIpc) is 2.78. The lowest BCUT2D eigenvalue weighted by Crippen LogP contribution is -2.20. The third-order valence-corrected chi connectivity index (χ3v) is 6.86. The molecule has 0 aliphatic rings. The lowest BCUT2D eigenvalue weighted by molar-refractivity contribution is 0.442. The first-order valence-electron chi connectivity index (χ1n) is 11.1. The summed E-state index contributed by atoms with van der Waals surface area (Å²) in [6.45, 7) is 11.0. The van der Waals surface area contributed by atoms with E-state index in [4.69, 9.17) is 15.7 Å². The van der Waals surface area contributed by atoms with Gasteiger partial charge in [0.25, 0.3) is 0 Å². The molecule has 4 aromatic rings. The highest BCUT2D eigenvalue weighted by atomic mass is 14.7. The van der Waals surface area contributed by atoms with Gasteiger partial charge in [-0.3, -0.25) is 4.98 Å². The Hall–Kier alpha value is -3.20. The molecule has 2 aromatic carbocycles. The highest BCUT2D eigenvalue weighted by Gasteiger charge is 2.27. The lowest BCUT2D eigenvalue weighted by atomic mass is 9.75. The third kappa shape index (κ3) is 3.48. The van der Waals surface area contributed by atoms with Crippen molar-refractivity contribution in [2.75, 3.05) is 0 Å². The number of nitrogens with zero attached hydrogens (tertiary/aromatic N) is 2. The van der Waals surface area contributed by atoms with Crippen LogP contribution < -0.4 is 5.73 Å². The van der Waals surface area contributed by atoms with Crippen LogP contribution in [0.1, 0.15) is 56.3 Å². The molecular weight excluding hydrogens is 378 g/mol. The van der Waals surface area contributed by atoms with Gasteiger partial charge in [0, 0.05) is 27.7 Å². The number of benzene rings is 2. The maximum absolute atomic E-state index is 5.80. The van der Waals surface area contributed by atoms with Crippen molar-refractivity contribution in [2.45, 2.75) is 52.9 Å². The first-order chi connectivity index (χ1) is 14.9. The normalized spacial score (nSPS) is 12.3. The Labute approximate surface area is 185 Å². The second kappa shape index (κ2) is 8.14. The minimum atomic E-state index is 0.0521. The molecule has 2 heterocycles. The molecule has 0 spiro atoms. The standard InChI is InChI=1S/C28H31N3/c1-6-28(5,7-2)24-15-14-23(20-13-12-18(3)30-19(20)4)26-22-11-9-8-10-21(22)25(16-17-29)31-27(24)26/h8-17H,6-7,29H2,1-5H3/b17-16-. The Bertz CT molecular complexity index is 1300. The van der Waals surface area contributed by atoms with Gasteiger partial charge in [0.2, 0.25) is 0 Å². The Morgan fingerprint density at radius 1 is 0.871 bits per heavy atom. The summed E-state index contributed by atoms with van der Waals surface area (Å²) in [5.74, 6) is 0. The summed E-state index contributed by atoms with van der Waals surface area (Å²) in [7, 11) is 0. The van der Waals surface area contributed by atoms with E-state index in [2.05, 4.69) is 76.2 Å². The van der Waals surface area contributed by atoms with Gasteiger partial charge in [-0.25, -0.2) is 4.98 Å². The second-order valence-corrected chi connectivity index (χ2v) is 8.64. The molecule has 0 aliphatic carbocycles. The number of hydrogen-bond acceptors (Lipinski definition) is 3. The predicted octanol–water partition coefficient (Wildman–Crippen LogP) is 7.07. The van der Waals surface area contributed by atoms with E-state index in [0.29, 0.717) is 0 Å². The zero-order valence-electron chi connectivity index (χ0n) is 19.2. The van der Waals surface area contributed by atoms with Crippen LogP contribution in [-0.2, 0) is 5.41 Å². The van der Waals surface area contributed by atoms with Crippen molar-refractivity contribution in [3.8, 4) is 11.1 Å². The molecule has 0 amide bonds. The van der Waals surface area contributed by atoms with Crippen LogP contribution >= 0.6 is 0 Å². The fourth-order valence-corrected chi connectivity index (χ4v) is 4.62. The van der Waals surface area contributed by atoms with E-state index >= 15 is 0 Å². The van der Waals surface area contributed by atoms with Crippen LogP contribution in [0.25, 0.3) is 38.9 Å². The van der Waals surface area contributed by atoms with Crippen LogP contribution in [-0.4, -0.2) is 9.97 Å². The predicted molar refractivity (Wildman–Crippen MR) is 133 cm³/mol. The second-order valence-electron chi connectivity index (χ2n) is 8.64. The van der Waals surface area contributed by atoms with E-state index < -0.39 is 0 Å². The van der Waals surface area contributed by atoms with Crippen molar-refractivity contribution >= 4 is 27.8 Å². The smallest absolute Gasteiger partial charge is 0.0759 e. The Kier molecular flexibility index (Phi) is 5.53. The van der Waals surface area contributed by atoms with Crippen molar-refractivity contribution in [3.63, 3.8) is 0 Å². The number of nitrogens with two attached hydrogens (primary N) is 1. The van der Waals surface area contributed by atoms with Crippen LogP contribution in [0.2, 0.25) is 0 Å². The zero-order chi connectivity index (χ0) is 22.2. The van der Waals surface area contributed by atoms with Gasteiger partial charge in [-0.2, -0.15) is 0 Å².